The molecule has 2 rings (SSSR count). The number of aromatic nitrogens is 1. The molecule has 0 spiro atoms. The molecule has 0 atom stereocenters. The van der Waals surface area contributed by atoms with Crippen LogP contribution in [0.1, 0.15) is 18.4 Å². The standard InChI is InChI=1S/C11H16N2O/c1-8-2-3-13-11(4-8)14-10-5-9(6-10)7-12/h2-4,9-10H,5-7,12H2,1H3. The summed E-state index contributed by atoms with van der Waals surface area (Å²) in [5.41, 5.74) is 6.73. The minimum atomic E-state index is 0.331. The minimum Gasteiger partial charge on any atom is -0.474 e. The quantitative estimate of drug-likeness (QED) is 0.789. The van der Waals surface area contributed by atoms with Crippen molar-refractivity contribution in [2.75, 3.05) is 6.54 Å². The molecule has 1 heterocycles. The Hall–Kier alpha value is -1.09. The van der Waals surface area contributed by atoms with Crippen molar-refractivity contribution in [3.8, 4) is 5.88 Å². The van der Waals surface area contributed by atoms with Crippen LogP contribution in [0.2, 0.25) is 0 Å². The molecule has 0 aromatic carbocycles. The van der Waals surface area contributed by atoms with E-state index in [9.17, 15) is 0 Å². The summed E-state index contributed by atoms with van der Waals surface area (Å²) in [5.74, 6) is 1.40. The fourth-order valence-corrected chi connectivity index (χ4v) is 1.71. The Morgan fingerprint density at radius 3 is 3.00 bits per heavy atom. The number of hydrogen-bond donors (Lipinski definition) is 1. The molecule has 0 bridgehead atoms. The van der Waals surface area contributed by atoms with Crippen molar-refractivity contribution >= 4 is 0 Å². The summed E-state index contributed by atoms with van der Waals surface area (Å²) in [6, 6.07) is 3.94. The molecule has 1 aliphatic rings. The highest BCUT2D eigenvalue weighted by Gasteiger charge is 2.29. The first-order valence-electron chi connectivity index (χ1n) is 5.07. The second kappa shape index (κ2) is 3.96. The second-order valence-electron chi connectivity index (χ2n) is 3.98. The number of nitrogens with zero attached hydrogens (tertiary/aromatic N) is 1. The van der Waals surface area contributed by atoms with Gasteiger partial charge in [0.05, 0.1) is 0 Å². The maximum atomic E-state index is 5.70. The molecule has 14 heavy (non-hydrogen) atoms. The van der Waals surface area contributed by atoms with Gasteiger partial charge in [-0.15, -0.1) is 0 Å². The molecular weight excluding hydrogens is 176 g/mol. The SMILES string of the molecule is Cc1ccnc(OC2CC(CN)C2)c1. The third-order valence-corrected chi connectivity index (χ3v) is 2.70. The monoisotopic (exact) mass is 192 g/mol. The Morgan fingerprint density at radius 1 is 1.57 bits per heavy atom. The third kappa shape index (κ3) is 2.04. The van der Waals surface area contributed by atoms with E-state index in [2.05, 4.69) is 4.98 Å². The van der Waals surface area contributed by atoms with Gasteiger partial charge in [0.25, 0.3) is 0 Å². The van der Waals surface area contributed by atoms with Crippen molar-refractivity contribution in [3.05, 3.63) is 23.9 Å². The molecule has 2 N–H and O–H groups in total. The Bertz CT molecular complexity index is 308. The number of hydrogen-bond acceptors (Lipinski definition) is 3. The maximum Gasteiger partial charge on any atom is 0.213 e. The minimum absolute atomic E-state index is 0.331. The highest BCUT2D eigenvalue weighted by molar-refractivity contribution is 5.19. The van der Waals surface area contributed by atoms with Gasteiger partial charge < -0.3 is 10.5 Å². The predicted molar refractivity (Wildman–Crippen MR) is 55.2 cm³/mol. The Balaban J connectivity index is 1.87. The lowest BCUT2D eigenvalue weighted by molar-refractivity contribution is 0.0648. The van der Waals surface area contributed by atoms with E-state index in [4.69, 9.17) is 10.5 Å². The zero-order chi connectivity index (χ0) is 9.97. The summed E-state index contributed by atoms with van der Waals surface area (Å²) in [7, 11) is 0. The molecule has 3 heteroatoms. The van der Waals surface area contributed by atoms with Gasteiger partial charge in [0, 0.05) is 12.3 Å². The molecule has 0 aliphatic heterocycles. The van der Waals surface area contributed by atoms with Crippen molar-refractivity contribution in [2.45, 2.75) is 25.9 Å². The van der Waals surface area contributed by atoms with Gasteiger partial charge in [0.2, 0.25) is 5.88 Å². The molecule has 1 saturated carbocycles. The van der Waals surface area contributed by atoms with Crippen LogP contribution in [0.15, 0.2) is 18.3 Å². The van der Waals surface area contributed by atoms with Crippen LogP contribution in [-0.4, -0.2) is 17.6 Å². The lowest BCUT2D eigenvalue weighted by Gasteiger charge is -2.34. The molecule has 76 valence electrons. The van der Waals surface area contributed by atoms with Crippen LogP contribution in [0.4, 0.5) is 0 Å². The van der Waals surface area contributed by atoms with Crippen LogP contribution in [0.3, 0.4) is 0 Å². The van der Waals surface area contributed by atoms with Crippen LogP contribution >= 0.6 is 0 Å². The Morgan fingerprint density at radius 2 is 2.36 bits per heavy atom. The van der Waals surface area contributed by atoms with Gasteiger partial charge in [-0.1, -0.05) is 0 Å². The summed E-state index contributed by atoms with van der Waals surface area (Å²) in [4.78, 5) is 4.16. The highest BCUT2D eigenvalue weighted by atomic mass is 16.5. The van der Waals surface area contributed by atoms with E-state index < -0.39 is 0 Å². The second-order valence-corrected chi connectivity index (χ2v) is 3.98. The third-order valence-electron chi connectivity index (χ3n) is 2.70. The molecule has 1 aromatic heterocycles. The van der Waals surface area contributed by atoms with Gasteiger partial charge in [0.1, 0.15) is 6.10 Å². The number of aryl methyl sites for hydroxylation is 1. The first-order valence-corrected chi connectivity index (χ1v) is 5.07. The number of pyridine rings is 1. The smallest absolute Gasteiger partial charge is 0.213 e. The van der Waals surface area contributed by atoms with Gasteiger partial charge in [-0.25, -0.2) is 4.98 Å². The molecule has 1 fully saturated rings. The van der Waals surface area contributed by atoms with Gasteiger partial charge in [0.15, 0.2) is 0 Å². The lowest BCUT2D eigenvalue weighted by atomic mass is 9.82. The predicted octanol–water partition coefficient (Wildman–Crippen LogP) is 1.51. The van der Waals surface area contributed by atoms with Crippen molar-refractivity contribution < 1.29 is 4.74 Å². The Kier molecular flexibility index (Phi) is 2.68. The average molecular weight is 192 g/mol. The topological polar surface area (TPSA) is 48.1 Å². The van der Waals surface area contributed by atoms with Crippen LogP contribution in [-0.2, 0) is 0 Å². The Labute approximate surface area is 84.3 Å². The molecule has 0 radical (unpaired) electrons. The molecule has 3 nitrogen and oxygen atoms in total. The van der Waals surface area contributed by atoms with Crippen molar-refractivity contribution in [1.29, 1.82) is 0 Å². The van der Waals surface area contributed by atoms with Gasteiger partial charge in [-0.3, -0.25) is 0 Å². The largest absolute Gasteiger partial charge is 0.474 e. The molecule has 0 saturated heterocycles. The van der Waals surface area contributed by atoms with Crippen molar-refractivity contribution in [1.82, 2.24) is 4.98 Å². The zero-order valence-corrected chi connectivity index (χ0v) is 8.44. The molecule has 1 aromatic rings. The van der Waals surface area contributed by atoms with Gasteiger partial charge in [-0.2, -0.15) is 0 Å². The maximum absolute atomic E-state index is 5.70. The first-order chi connectivity index (χ1) is 6.78. The first kappa shape index (κ1) is 9.46. The molecule has 1 aliphatic carbocycles. The summed E-state index contributed by atoms with van der Waals surface area (Å²) in [5, 5.41) is 0. The number of rotatable bonds is 3. The fraction of sp³-hybridized carbons (Fsp3) is 0.545. The van der Waals surface area contributed by atoms with E-state index in [0.29, 0.717) is 12.0 Å². The van der Waals surface area contributed by atoms with E-state index in [1.54, 1.807) is 6.20 Å². The molecule has 0 unspecified atom stereocenters. The summed E-state index contributed by atoms with van der Waals surface area (Å²) < 4.78 is 5.70. The van der Waals surface area contributed by atoms with Crippen LogP contribution < -0.4 is 10.5 Å². The van der Waals surface area contributed by atoms with Crippen LogP contribution in [0.5, 0.6) is 5.88 Å². The fourth-order valence-electron chi connectivity index (χ4n) is 1.71. The van der Waals surface area contributed by atoms with Crippen molar-refractivity contribution in [3.63, 3.8) is 0 Å². The number of ether oxygens (including phenoxy) is 1. The zero-order valence-electron chi connectivity index (χ0n) is 8.44. The van der Waals surface area contributed by atoms with Crippen LogP contribution in [0, 0.1) is 12.8 Å². The van der Waals surface area contributed by atoms with Crippen molar-refractivity contribution in [2.24, 2.45) is 11.7 Å². The summed E-state index contributed by atoms with van der Waals surface area (Å²) >= 11 is 0. The average Bonchev–Trinajstić information content (AvgIpc) is 2.10. The molecular formula is C11H16N2O. The highest BCUT2D eigenvalue weighted by Crippen LogP contribution is 2.29. The molecule has 0 amide bonds. The van der Waals surface area contributed by atoms with E-state index in [1.165, 1.54) is 5.56 Å². The van der Waals surface area contributed by atoms with E-state index in [0.717, 1.165) is 25.3 Å². The lowest BCUT2D eigenvalue weighted by Crippen LogP contribution is -2.37. The summed E-state index contributed by atoms with van der Waals surface area (Å²) in [6.45, 7) is 2.82. The number of nitrogens with two attached hydrogens (primary N) is 1. The van der Waals surface area contributed by atoms with E-state index in [1.807, 2.05) is 19.1 Å². The van der Waals surface area contributed by atoms with Gasteiger partial charge in [-0.05, 0) is 43.9 Å². The van der Waals surface area contributed by atoms with Crippen LogP contribution in [0.25, 0.3) is 0 Å². The van der Waals surface area contributed by atoms with E-state index >= 15 is 0 Å². The summed E-state index contributed by atoms with van der Waals surface area (Å²) in [6.07, 6.45) is 4.26. The van der Waals surface area contributed by atoms with Gasteiger partial charge >= 0.3 is 0 Å². The van der Waals surface area contributed by atoms with E-state index in [-0.39, 0.29) is 0 Å². The normalized spacial score (nSPS) is 25.6.